The van der Waals surface area contributed by atoms with Crippen molar-refractivity contribution in [1.82, 2.24) is 15.1 Å². The quantitative estimate of drug-likeness (QED) is 0.674. The highest BCUT2D eigenvalue weighted by Crippen LogP contribution is 2.06. The van der Waals surface area contributed by atoms with E-state index in [4.69, 9.17) is 0 Å². The van der Waals surface area contributed by atoms with Gasteiger partial charge in [0.05, 0.1) is 6.54 Å². The molecule has 0 bridgehead atoms. The van der Waals surface area contributed by atoms with Gasteiger partial charge in [0.1, 0.15) is 0 Å². The number of likely N-dealkylation sites (N-methyl/N-ethyl adjacent to an activating group) is 1. The summed E-state index contributed by atoms with van der Waals surface area (Å²) in [6, 6.07) is 0.617. The van der Waals surface area contributed by atoms with Crippen LogP contribution in [0.25, 0.3) is 0 Å². The second kappa shape index (κ2) is 7.67. The number of nitrogens with one attached hydrogen (secondary N) is 1. The summed E-state index contributed by atoms with van der Waals surface area (Å²) in [7, 11) is 2.14. The second-order valence-electron chi connectivity index (χ2n) is 5.00. The van der Waals surface area contributed by atoms with Crippen LogP contribution in [0.1, 0.15) is 33.1 Å². The molecule has 0 spiro atoms. The van der Waals surface area contributed by atoms with Crippen molar-refractivity contribution in [3.63, 3.8) is 0 Å². The lowest BCUT2D eigenvalue weighted by Gasteiger charge is -2.23. The molecule has 1 aliphatic rings. The van der Waals surface area contributed by atoms with Gasteiger partial charge >= 0.3 is 0 Å². The fourth-order valence-electron chi connectivity index (χ4n) is 2.06. The normalized spacial score (nSPS) is 17.8. The van der Waals surface area contributed by atoms with Crippen LogP contribution in [-0.4, -0.2) is 61.5 Å². The Morgan fingerprint density at radius 2 is 2.06 bits per heavy atom. The number of amides is 1. The van der Waals surface area contributed by atoms with Crippen molar-refractivity contribution in [3.8, 4) is 0 Å². The third-order valence-corrected chi connectivity index (χ3v) is 3.72. The zero-order valence-corrected chi connectivity index (χ0v) is 11.5. The molecular weight excluding hydrogens is 214 g/mol. The van der Waals surface area contributed by atoms with Crippen molar-refractivity contribution in [2.75, 3.05) is 39.8 Å². The Kier molecular flexibility index (Phi) is 6.52. The van der Waals surface area contributed by atoms with Gasteiger partial charge in [-0.25, -0.2) is 0 Å². The van der Waals surface area contributed by atoms with Crippen LogP contribution in [0, 0.1) is 0 Å². The van der Waals surface area contributed by atoms with E-state index in [1.807, 2.05) is 4.90 Å². The molecule has 1 saturated heterocycles. The molecule has 0 aromatic carbocycles. The number of carbonyl (C=O) groups excluding carboxylic acids is 1. The van der Waals surface area contributed by atoms with Gasteiger partial charge in [0, 0.05) is 32.2 Å². The van der Waals surface area contributed by atoms with E-state index in [0.717, 1.165) is 26.2 Å². The average Bonchev–Trinajstić information content (AvgIpc) is 2.86. The minimum atomic E-state index is 0.258. The molecule has 100 valence electrons. The van der Waals surface area contributed by atoms with Crippen molar-refractivity contribution in [3.05, 3.63) is 0 Å². The van der Waals surface area contributed by atoms with Crippen LogP contribution >= 0.6 is 0 Å². The molecule has 1 atom stereocenters. The van der Waals surface area contributed by atoms with Crippen molar-refractivity contribution < 1.29 is 4.79 Å². The molecule has 1 aliphatic heterocycles. The van der Waals surface area contributed by atoms with Gasteiger partial charge in [0.15, 0.2) is 0 Å². The van der Waals surface area contributed by atoms with Gasteiger partial charge in [0.2, 0.25) is 5.91 Å². The Bertz CT molecular complexity index is 227. The molecule has 1 fully saturated rings. The Labute approximate surface area is 105 Å². The maximum absolute atomic E-state index is 11.7. The summed E-state index contributed by atoms with van der Waals surface area (Å²) >= 11 is 0. The maximum Gasteiger partial charge on any atom is 0.236 e. The van der Waals surface area contributed by atoms with E-state index >= 15 is 0 Å². The van der Waals surface area contributed by atoms with Gasteiger partial charge < -0.3 is 15.1 Å². The van der Waals surface area contributed by atoms with Crippen molar-refractivity contribution in [2.24, 2.45) is 0 Å². The molecule has 1 rings (SSSR count). The second-order valence-corrected chi connectivity index (χ2v) is 5.00. The van der Waals surface area contributed by atoms with Gasteiger partial charge in [-0.05, 0) is 33.2 Å². The largest absolute Gasteiger partial charge is 0.342 e. The fraction of sp³-hybridized carbons (Fsp3) is 0.923. The van der Waals surface area contributed by atoms with E-state index in [9.17, 15) is 4.79 Å². The van der Waals surface area contributed by atoms with Gasteiger partial charge in [-0.1, -0.05) is 6.92 Å². The van der Waals surface area contributed by atoms with E-state index in [0.29, 0.717) is 12.6 Å². The first kappa shape index (κ1) is 14.5. The summed E-state index contributed by atoms with van der Waals surface area (Å²) in [5, 5.41) is 3.24. The summed E-state index contributed by atoms with van der Waals surface area (Å²) in [6.07, 6.45) is 3.51. The standard InChI is InChI=1S/C13H27N3O/c1-4-12(2)15(3)10-7-14-11-13(17)16-8-5-6-9-16/h12,14H,4-11H2,1-3H3. The number of nitrogens with zero attached hydrogens (tertiary/aromatic N) is 2. The smallest absolute Gasteiger partial charge is 0.236 e. The molecule has 4 heteroatoms. The molecule has 1 heterocycles. The first-order valence-corrected chi connectivity index (χ1v) is 6.84. The molecule has 1 unspecified atom stereocenters. The van der Waals surface area contributed by atoms with Crippen LogP contribution in [0.2, 0.25) is 0 Å². The Hall–Kier alpha value is -0.610. The lowest BCUT2D eigenvalue weighted by Crippen LogP contribution is -2.40. The molecular formula is C13H27N3O. The SMILES string of the molecule is CCC(C)N(C)CCNCC(=O)N1CCCC1. The molecule has 1 amide bonds. The fourth-order valence-corrected chi connectivity index (χ4v) is 2.06. The number of rotatable bonds is 7. The molecule has 0 aliphatic carbocycles. The summed E-state index contributed by atoms with van der Waals surface area (Å²) in [5.41, 5.74) is 0. The van der Waals surface area contributed by atoms with Crippen LogP contribution < -0.4 is 5.32 Å². The number of likely N-dealkylation sites (tertiary alicyclic amines) is 1. The van der Waals surface area contributed by atoms with Crippen LogP contribution in [0.3, 0.4) is 0 Å². The number of hydrogen-bond acceptors (Lipinski definition) is 3. The van der Waals surface area contributed by atoms with E-state index < -0.39 is 0 Å². The average molecular weight is 241 g/mol. The molecule has 1 N–H and O–H groups in total. The topological polar surface area (TPSA) is 35.6 Å². The summed E-state index contributed by atoms with van der Waals surface area (Å²) < 4.78 is 0. The van der Waals surface area contributed by atoms with Crippen LogP contribution in [0.5, 0.6) is 0 Å². The van der Waals surface area contributed by atoms with E-state index in [2.05, 4.69) is 31.1 Å². The number of hydrogen-bond donors (Lipinski definition) is 1. The minimum Gasteiger partial charge on any atom is -0.342 e. The first-order valence-electron chi connectivity index (χ1n) is 6.84. The van der Waals surface area contributed by atoms with Crippen LogP contribution in [0.4, 0.5) is 0 Å². The monoisotopic (exact) mass is 241 g/mol. The van der Waals surface area contributed by atoms with Crippen molar-refractivity contribution >= 4 is 5.91 Å². The highest BCUT2D eigenvalue weighted by Gasteiger charge is 2.16. The van der Waals surface area contributed by atoms with E-state index in [1.54, 1.807) is 0 Å². The molecule has 0 aromatic rings. The van der Waals surface area contributed by atoms with Crippen molar-refractivity contribution in [2.45, 2.75) is 39.2 Å². The third-order valence-electron chi connectivity index (χ3n) is 3.72. The Morgan fingerprint density at radius 1 is 1.41 bits per heavy atom. The van der Waals surface area contributed by atoms with E-state index in [-0.39, 0.29) is 5.91 Å². The molecule has 0 radical (unpaired) electrons. The van der Waals surface area contributed by atoms with Gasteiger partial charge in [-0.3, -0.25) is 4.79 Å². The van der Waals surface area contributed by atoms with Gasteiger partial charge in [-0.2, -0.15) is 0 Å². The van der Waals surface area contributed by atoms with Gasteiger partial charge in [0.25, 0.3) is 0 Å². The predicted molar refractivity (Wildman–Crippen MR) is 71.1 cm³/mol. The van der Waals surface area contributed by atoms with Gasteiger partial charge in [-0.15, -0.1) is 0 Å². The summed E-state index contributed by atoms with van der Waals surface area (Å²) in [5.74, 6) is 0.258. The Morgan fingerprint density at radius 3 is 2.65 bits per heavy atom. The lowest BCUT2D eigenvalue weighted by molar-refractivity contribution is -0.129. The Balaban J connectivity index is 2.05. The summed E-state index contributed by atoms with van der Waals surface area (Å²) in [6.45, 7) is 8.72. The zero-order chi connectivity index (χ0) is 12.7. The molecule has 17 heavy (non-hydrogen) atoms. The zero-order valence-electron chi connectivity index (χ0n) is 11.5. The lowest BCUT2D eigenvalue weighted by atomic mass is 10.2. The highest BCUT2D eigenvalue weighted by atomic mass is 16.2. The van der Waals surface area contributed by atoms with Crippen molar-refractivity contribution in [1.29, 1.82) is 0 Å². The minimum absolute atomic E-state index is 0.258. The first-order chi connectivity index (χ1) is 8.15. The molecule has 4 nitrogen and oxygen atoms in total. The summed E-state index contributed by atoms with van der Waals surface area (Å²) in [4.78, 5) is 16.0. The van der Waals surface area contributed by atoms with Crippen LogP contribution in [-0.2, 0) is 4.79 Å². The highest BCUT2D eigenvalue weighted by molar-refractivity contribution is 5.78. The maximum atomic E-state index is 11.7. The number of carbonyl (C=O) groups is 1. The third kappa shape index (κ3) is 5.04. The van der Waals surface area contributed by atoms with Crippen LogP contribution in [0.15, 0.2) is 0 Å². The predicted octanol–water partition coefficient (Wildman–Crippen LogP) is 0.929. The van der Waals surface area contributed by atoms with E-state index in [1.165, 1.54) is 19.3 Å². The molecule has 0 aromatic heterocycles. The molecule has 0 saturated carbocycles.